The van der Waals surface area contributed by atoms with Gasteiger partial charge in [-0.1, -0.05) is 54.6 Å². The number of carbonyl (C=O) groups is 1. The van der Waals surface area contributed by atoms with E-state index >= 15 is 0 Å². The van der Waals surface area contributed by atoms with Crippen molar-refractivity contribution in [2.45, 2.75) is 38.8 Å². The minimum absolute atomic E-state index is 0.292. The molecule has 1 atom stereocenters. The smallest absolute Gasteiger partial charge is 0.338 e. The van der Waals surface area contributed by atoms with Crippen LogP contribution in [-0.2, 0) is 24.1 Å². The topological polar surface area (TPSA) is 65.4 Å². The molecule has 1 N–H and O–H groups in total. The van der Waals surface area contributed by atoms with Crippen molar-refractivity contribution in [3.05, 3.63) is 101 Å². The summed E-state index contributed by atoms with van der Waals surface area (Å²) in [5.74, 6) is -0.292. The van der Waals surface area contributed by atoms with Crippen molar-refractivity contribution in [1.29, 1.82) is 5.26 Å². The number of benzene rings is 3. The van der Waals surface area contributed by atoms with Crippen molar-refractivity contribution < 1.29 is 9.53 Å². The fraction of sp³-hybridized carbons (Fsp3) is 0.310. The molecule has 5 nitrogen and oxygen atoms in total. The molecule has 174 valence electrons. The van der Waals surface area contributed by atoms with E-state index in [1.54, 1.807) is 12.1 Å². The molecule has 5 heteroatoms. The Kier molecular flexibility index (Phi) is 7.95. The summed E-state index contributed by atoms with van der Waals surface area (Å²) in [6.07, 6.45) is 2.54. The number of nitrogens with zero attached hydrogens (tertiary/aromatic N) is 2. The molecule has 0 spiro atoms. The molecule has 3 aromatic carbocycles. The van der Waals surface area contributed by atoms with Gasteiger partial charge in [-0.2, -0.15) is 5.26 Å². The van der Waals surface area contributed by atoms with Gasteiger partial charge in [0.05, 0.1) is 23.4 Å². The first kappa shape index (κ1) is 23.5. The summed E-state index contributed by atoms with van der Waals surface area (Å²) in [5.41, 5.74) is 6.06. The van der Waals surface area contributed by atoms with Crippen LogP contribution in [0.4, 0.5) is 5.69 Å². The van der Waals surface area contributed by atoms with E-state index in [-0.39, 0.29) is 5.97 Å². The Balaban J connectivity index is 1.31. The third-order valence-corrected chi connectivity index (χ3v) is 6.19. The van der Waals surface area contributed by atoms with Gasteiger partial charge in [-0.05, 0) is 61.1 Å². The van der Waals surface area contributed by atoms with Crippen LogP contribution in [-0.4, -0.2) is 31.7 Å². The highest BCUT2D eigenvalue weighted by atomic mass is 16.5. The van der Waals surface area contributed by atoms with Gasteiger partial charge in [-0.25, -0.2) is 4.79 Å². The Morgan fingerprint density at radius 2 is 1.82 bits per heavy atom. The SMILES string of the molecule is CC(Cc1cc(C#N)c2c(c1)CCN2CCCOC(=O)c1ccccc1)NCc1ccccc1. The van der Waals surface area contributed by atoms with Crippen LogP contribution in [0.5, 0.6) is 0 Å². The molecule has 34 heavy (non-hydrogen) atoms. The second-order valence-electron chi connectivity index (χ2n) is 8.83. The number of rotatable bonds is 10. The predicted molar refractivity (Wildman–Crippen MR) is 135 cm³/mol. The molecule has 1 heterocycles. The van der Waals surface area contributed by atoms with Gasteiger partial charge < -0.3 is 15.0 Å². The molecular weight excluding hydrogens is 422 g/mol. The highest BCUT2D eigenvalue weighted by Crippen LogP contribution is 2.33. The fourth-order valence-electron chi connectivity index (χ4n) is 4.51. The predicted octanol–water partition coefficient (Wildman–Crippen LogP) is 4.89. The van der Waals surface area contributed by atoms with Gasteiger partial charge in [0.1, 0.15) is 6.07 Å². The second-order valence-corrected chi connectivity index (χ2v) is 8.83. The second kappa shape index (κ2) is 11.5. The van der Waals surface area contributed by atoms with Crippen LogP contribution in [0.2, 0.25) is 0 Å². The van der Waals surface area contributed by atoms with E-state index in [9.17, 15) is 10.1 Å². The lowest BCUT2D eigenvalue weighted by Gasteiger charge is -2.21. The molecule has 0 aliphatic carbocycles. The maximum Gasteiger partial charge on any atom is 0.338 e. The molecule has 1 unspecified atom stereocenters. The third kappa shape index (κ3) is 6.03. The van der Waals surface area contributed by atoms with Crippen LogP contribution in [0, 0.1) is 11.3 Å². The molecule has 0 fully saturated rings. The van der Waals surface area contributed by atoms with Crippen LogP contribution < -0.4 is 10.2 Å². The van der Waals surface area contributed by atoms with E-state index in [4.69, 9.17) is 4.74 Å². The molecule has 0 bridgehead atoms. The standard InChI is InChI=1S/C29H31N3O2/c1-22(31-21-23-9-4-2-5-10-23)17-24-18-26-13-15-32(28(26)27(19-24)20-30)14-8-16-34-29(33)25-11-6-3-7-12-25/h2-7,9-12,18-19,22,31H,8,13-17,21H2,1H3. The lowest BCUT2D eigenvalue weighted by atomic mass is 9.99. The molecule has 0 saturated heterocycles. The van der Waals surface area contributed by atoms with Gasteiger partial charge in [0.25, 0.3) is 0 Å². The van der Waals surface area contributed by atoms with Gasteiger partial charge >= 0.3 is 5.97 Å². The summed E-state index contributed by atoms with van der Waals surface area (Å²) in [5, 5.41) is 13.4. The summed E-state index contributed by atoms with van der Waals surface area (Å²) in [4.78, 5) is 14.4. The number of fused-ring (bicyclic) bond motifs is 1. The Hall–Kier alpha value is -3.62. The normalized spacial score (nSPS) is 13.2. The highest BCUT2D eigenvalue weighted by Gasteiger charge is 2.23. The van der Waals surface area contributed by atoms with Crippen molar-refractivity contribution in [3.8, 4) is 6.07 Å². The highest BCUT2D eigenvalue weighted by molar-refractivity contribution is 5.89. The number of esters is 1. The lowest BCUT2D eigenvalue weighted by Crippen LogP contribution is -2.27. The largest absolute Gasteiger partial charge is 0.462 e. The minimum atomic E-state index is -0.292. The maximum atomic E-state index is 12.1. The molecule has 1 aliphatic rings. The summed E-state index contributed by atoms with van der Waals surface area (Å²) >= 11 is 0. The number of hydrogen-bond donors (Lipinski definition) is 1. The van der Waals surface area contributed by atoms with Crippen LogP contribution in [0.15, 0.2) is 72.8 Å². The summed E-state index contributed by atoms with van der Waals surface area (Å²) in [6, 6.07) is 26.5. The Morgan fingerprint density at radius 3 is 2.56 bits per heavy atom. The zero-order valence-electron chi connectivity index (χ0n) is 19.7. The Bertz CT molecular complexity index is 1140. The van der Waals surface area contributed by atoms with E-state index < -0.39 is 0 Å². The van der Waals surface area contributed by atoms with E-state index in [0.717, 1.165) is 50.1 Å². The number of nitrogens with one attached hydrogen (secondary N) is 1. The van der Waals surface area contributed by atoms with Crippen LogP contribution in [0.3, 0.4) is 0 Å². The average Bonchev–Trinajstić information content (AvgIpc) is 3.28. The first-order chi connectivity index (χ1) is 16.6. The summed E-state index contributed by atoms with van der Waals surface area (Å²) in [6.45, 7) is 5.04. The Labute approximate surface area is 202 Å². The van der Waals surface area contributed by atoms with E-state index in [1.165, 1.54) is 16.7 Å². The van der Waals surface area contributed by atoms with Gasteiger partial charge in [-0.3, -0.25) is 0 Å². The van der Waals surface area contributed by atoms with Crippen molar-refractivity contribution >= 4 is 11.7 Å². The number of anilines is 1. The van der Waals surface area contributed by atoms with Crippen molar-refractivity contribution in [2.24, 2.45) is 0 Å². The average molecular weight is 454 g/mol. The molecule has 0 saturated carbocycles. The zero-order valence-corrected chi connectivity index (χ0v) is 19.7. The Morgan fingerprint density at radius 1 is 1.09 bits per heavy atom. The van der Waals surface area contributed by atoms with E-state index in [2.05, 4.69) is 53.5 Å². The molecule has 3 aromatic rings. The molecule has 1 aliphatic heterocycles. The van der Waals surface area contributed by atoms with Gasteiger partial charge in [0, 0.05) is 25.7 Å². The molecule has 0 amide bonds. The van der Waals surface area contributed by atoms with Crippen molar-refractivity contribution in [2.75, 3.05) is 24.6 Å². The van der Waals surface area contributed by atoms with Gasteiger partial charge in [0.15, 0.2) is 0 Å². The first-order valence-electron chi connectivity index (χ1n) is 11.9. The monoisotopic (exact) mass is 453 g/mol. The number of hydrogen-bond acceptors (Lipinski definition) is 5. The quantitative estimate of drug-likeness (QED) is 0.350. The number of ether oxygens (including phenoxy) is 1. The van der Waals surface area contributed by atoms with E-state index in [0.29, 0.717) is 18.2 Å². The van der Waals surface area contributed by atoms with Crippen LogP contribution >= 0.6 is 0 Å². The maximum absolute atomic E-state index is 12.1. The van der Waals surface area contributed by atoms with E-state index in [1.807, 2.05) is 30.3 Å². The molecule has 0 radical (unpaired) electrons. The zero-order chi connectivity index (χ0) is 23.8. The van der Waals surface area contributed by atoms with Crippen LogP contribution in [0.1, 0.15) is 46.0 Å². The first-order valence-corrected chi connectivity index (χ1v) is 11.9. The molecule has 0 aromatic heterocycles. The number of carbonyl (C=O) groups excluding carboxylic acids is 1. The fourth-order valence-corrected chi connectivity index (χ4v) is 4.51. The molecule has 4 rings (SSSR count). The van der Waals surface area contributed by atoms with Crippen molar-refractivity contribution in [1.82, 2.24) is 5.32 Å². The molecular formula is C29H31N3O2. The summed E-state index contributed by atoms with van der Waals surface area (Å²) in [7, 11) is 0. The number of nitriles is 1. The van der Waals surface area contributed by atoms with Crippen LogP contribution in [0.25, 0.3) is 0 Å². The van der Waals surface area contributed by atoms with Gasteiger partial charge in [-0.15, -0.1) is 0 Å². The minimum Gasteiger partial charge on any atom is -0.462 e. The summed E-state index contributed by atoms with van der Waals surface area (Å²) < 4.78 is 5.41. The van der Waals surface area contributed by atoms with Gasteiger partial charge in [0.2, 0.25) is 0 Å². The third-order valence-electron chi connectivity index (χ3n) is 6.19. The van der Waals surface area contributed by atoms with Crippen molar-refractivity contribution in [3.63, 3.8) is 0 Å². The lowest BCUT2D eigenvalue weighted by molar-refractivity contribution is 0.0502.